The monoisotopic (exact) mass is 502 g/mol. The molecule has 2 heterocycles. The number of aryl methyl sites for hydroxylation is 1. The van der Waals surface area contributed by atoms with Gasteiger partial charge in [-0.2, -0.15) is 0 Å². The molecule has 2 aromatic rings. The molecule has 1 aliphatic carbocycles. The van der Waals surface area contributed by atoms with Crippen molar-refractivity contribution in [3.05, 3.63) is 58.3 Å². The van der Waals surface area contributed by atoms with Crippen molar-refractivity contribution in [2.75, 3.05) is 13.2 Å². The topological polar surface area (TPSA) is 95.0 Å². The second kappa shape index (κ2) is 10.1. The van der Waals surface area contributed by atoms with Gasteiger partial charge in [0.25, 0.3) is 11.0 Å². The van der Waals surface area contributed by atoms with Crippen molar-refractivity contribution in [3.63, 3.8) is 0 Å². The van der Waals surface area contributed by atoms with Crippen molar-refractivity contribution < 1.29 is 26.9 Å². The van der Waals surface area contributed by atoms with Crippen molar-refractivity contribution >= 4 is 17.1 Å². The van der Waals surface area contributed by atoms with E-state index in [1.165, 1.54) is 0 Å². The molecule has 190 valence electrons. The summed E-state index contributed by atoms with van der Waals surface area (Å²) in [4.78, 5) is 18.6. The number of ether oxygens (including phenoxy) is 2. The third-order valence-electron chi connectivity index (χ3n) is 6.67. The van der Waals surface area contributed by atoms with Crippen molar-refractivity contribution in [1.82, 2.24) is 9.88 Å². The van der Waals surface area contributed by atoms with Gasteiger partial charge < -0.3 is 14.4 Å². The molecule has 1 aliphatic heterocycles. The standard InChI is InChI=1S/C26H34N2O6S/c1-16-6-8-18(9-7-16)23(34-35(30)31)19-12-20-14-27-24(17(2)22(20)13-19)32-15-21-10-11-28(21)25(29)33-26(3,4)5/h6-9,14,19,21,23,35H,10-13,15H2,1-5H3/t19?,21-,23?/m0/s1. The Morgan fingerprint density at radius 1 is 1.17 bits per heavy atom. The van der Waals surface area contributed by atoms with E-state index in [1.54, 1.807) is 4.90 Å². The van der Waals surface area contributed by atoms with Gasteiger partial charge in [0.1, 0.15) is 18.3 Å². The summed E-state index contributed by atoms with van der Waals surface area (Å²) in [6.45, 7) is 10.5. The fourth-order valence-corrected chi connectivity index (χ4v) is 5.22. The number of hydrogen-bond acceptors (Lipinski definition) is 7. The van der Waals surface area contributed by atoms with Crippen LogP contribution in [0, 0.1) is 19.8 Å². The largest absolute Gasteiger partial charge is 0.475 e. The molecule has 8 nitrogen and oxygen atoms in total. The molecule has 1 fully saturated rings. The number of nitrogens with zero attached hydrogens (tertiary/aromatic N) is 2. The van der Waals surface area contributed by atoms with Gasteiger partial charge in [-0.1, -0.05) is 29.8 Å². The summed E-state index contributed by atoms with van der Waals surface area (Å²) in [7, 11) is -2.99. The van der Waals surface area contributed by atoms with E-state index in [9.17, 15) is 13.2 Å². The molecule has 1 aromatic heterocycles. The number of likely N-dealkylation sites (tertiary alicyclic amines) is 1. The molecular formula is C26H34N2O6S. The first-order valence-corrected chi connectivity index (χ1v) is 13.1. The maximum absolute atomic E-state index is 12.4. The van der Waals surface area contributed by atoms with Crippen molar-refractivity contribution in [2.24, 2.45) is 5.92 Å². The number of hydrogen-bond donors (Lipinski definition) is 1. The van der Waals surface area contributed by atoms with Gasteiger partial charge in [-0.3, -0.25) is 4.18 Å². The highest BCUT2D eigenvalue weighted by Crippen LogP contribution is 2.40. The molecule has 3 atom stereocenters. The highest BCUT2D eigenvalue weighted by Gasteiger charge is 2.37. The van der Waals surface area contributed by atoms with Crippen LogP contribution < -0.4 is 4.74 Å². The lowest BCUT2D eigenvalue weighted by molar-refractivity contribution is -0.0145. The summed E-state index contributed by atoms with van der Waals surface area (Å²) in [6, 6.07) is 7.74. The molecule has 0 spiro atoms. The minimum absolute atomic E-state index is 0.0225. The van der Waals surface area contributed by atoms with Gasteiger partial charge in [0.2, 0.25) is 5.88 Å². The van der Waals surface area contributed by atoms with Crippen LogP contribution in [0.25, 0.3) is 0 Å². The zero-order chi connectivity index (χ0) is 25.3. The first-order chi connectivity index (χ1) is 16.5. The summed E-state index contributed by atoms with van der Waals surface area (Å²) in [5, 5.41) is 0. The molecule has 0 bridgehead atoms. The Morgan fingerprint density at radius 2 is 1.89 bits per heavy atom. The van der Waals surface area contributed by atoms with Crippen LogP contribution in [0.1, 0.15) is 61.1 Å². The minimum Gasteiger partial charge on any atom is -0.475 e. The van der Waals surface area contributed by atoms with Gasteiger partial charge in [0, 0.05) is 18.3 Å². The number of thiol groups is 1. The Kier molecular flexibility index (Phi) is 7.38. The van der Waals surface area contributed by atoms with Gasteiger partial charge in [-0.25, -0.2) is 18.2 Å². The first-order valence-electron chi connectivity index (χ1n) is 12.0. The van der Waals surface area contributed by atoms with Crippen molar-refractivity contribution in [1.29, 1.82) is 0 Å². The van der Waals surface area contributed by atoms with Crippen LogP contribution in [-0.4, -0.2) is 49.2 Å². The van der Waals surface area contributed by atoms with E-state index in [0.29, 0.717) is 31.9 Å². The lowest BCUT2D eigenvalue weighted by atomic mass is 9.92. The molecule has 2 unspecified atom stereocenters. The van der Waals surface area contributed by atoms with E-state index in [2.05, 4.69) is 4.98 Å². The minimum atomic E-state index is -2.99. The number of carbonyl (C=O) groups excluding carboxylic acids is 1. The predicted molar refractivity (Wildman–Crippen MR) is 132 cm³/mol. The zero-order valence-corrected chi connectivity index (χ0v) is 21.8. The second-order valence-electron chi connectivity index (χ2n) is 10.4. The Balaban J connectivity index is 1.44. The molecular weight excluding hydrogens is 468 g/mol. The SMILES string of the molecule is Cc1ccc(C(O[SH](=O)=O)C2Cc3cnc(OC[C@@H]4CCN4C(=O)OC(C)(C)C)c(C)c3C2)cc1. The molecule has 1 aromatic carbocycles. The highest BCUT2D eigenvalue weighted by atomic mass is 32.2. The Labute approximate surface area is 208 Å². The summed E-state index contributed by atoms with van der Waals surface area (Å²) < 4.78 is 39.9. The molecule has 9 heteroatoms. The molecule has 0 N–H and O–H groups in total. The van der Waals surface area contributed by atoms with Crippen molar-refractivity contribution in [2.45, 2.75) is 71.6 Å². The molecule has 1 saturated heterocycles. The van der Waals surface area contributed by atoms with Crippen LogP contribution >= 0.6 is 0 Å². The average Bonchev–Trinajstić information content (AvgIpc) is 3.17. The third kappa shape index (κ3) is 5.95. The van der Waals surface area contributed by atoms with E-state index in [1.807, 2.05) is 65.1 Å². The van der Waals surface area contributed by atoms with E-state index >= 15 is 0 Å². The first kappa shape index (κ1) is 25.4. The maximum Gasteiger partial charge on any atom is 0.410 e. The number of pyridine rings is 1. The molecule has 2 aliphatic rings. The Morgan fingerprint density at radius 3 is 2.49 bits per heavy atom. The molecule has 4 rings (SSSR count). The fraction of sp³-hybridized carbons (Fsp3) is 0.538. The van der Waals surface area contributed by atoms with Crippen LogP contribution in [-0.2, 0) is 32.7 Å². The van der Waals surface area contributed by atoms with Crippen molar-refractivity contribution in [3.8, 4) is 5.88 Å². The quantitative estimate of drug-likeness (QED) is 0.570. The normalized spacial score (nSPS) is 20.3. The molecule has 0 radical (unpaired) electrons. The smallest absolute Gasteiger partial charge is 0.410 e. The lowest BCUT2D eigenvalue weighted by Crippen LogP contribution is -2.55. The van der Waals surface area contributed by atoms with Crippen LogP contribution in [0.4, 0.5) is 4.79 Å². The van der Waals surface area contributed by atoms with Gasteiger partial charge in [-0.15, -0.1) is 0 Å². The lowest BCUT2D eigenvalue weighted by Gasteiger charge is -2.40. The molecule has 35 heavy (non-hydrogen) atoms. The molecule has 1 amide bonds. The summed E-state index contributed by atoms with van der Waals surface area (Å²) in [5.41, 5.74) is 4.57. The summed E-state index contributed by atoms with van der Waals surface area (Å²) in [6.07, 6.45) is 3.15. The number of benzene rings is 1. The number of carbonyl (C=O) groups is 1. The third-order valence-corrected chi connectivity index (χ3v) is 7.06. The van der Waals surface area contributed by atoms with Crippen LogP contribution in [0.5, 0.6) is 5.88 Å². The van der Waals surface area contributed by atoms with Gasteiger partial charge in [0.15, 0.2) is 0 Å². The highest BCUT2D eigenvalue weighted by molar-refractivity contribution is 7.67. The van der Waals surface area contributed by atoms with Gasteiger partial charge in [-0.05, 0) is 76.5 Å². The fourth-order valence-electron chi connectivity index (χ4n) is 4.74. The number of amides is 1. The summed E-state index contributed by atoms with van der Waals surface area (Å²) in [5.74, 6) is 0.522. The van der Waals surface area contributed by atoms with Crippen LogP contribution in [0.2, 0.25) is 0 Å². The van der Waals surface area contributed by atoms with Crippen LogP contribution in [0.3, 0.4) is 0 Å². The van der Waals surface area contributed by atoms with E-state index in [4.69, 9.17) is 13.7 Å². The van der Waals surface area contributed by atoms with E-state index in [-0.39, 0.29) is 18.1 Å². The Bertz CT molecular complexity index is 1150. The average molecular weight is 503 g/mol. The maximum atomic E-state index is 12.4. The number of fused-ring (bicyclic) bond motifs is 1. The molecule has 0 saturated carbocycles. The van der Waals surface area contributed by atoms with Gasteiger partial charge in [0.05, 0.1) is 6.04 Å². The Hall–Kier alpha value is -2.65. The summed E-state index contributed by atoms with van der Waals surface area (Å²) >= 11 is 0. The van der Waals surface area contributed by atoms with Crippen LogP contribution in [0.15, 0.2) is 30.5 Å². The number of aromatic nitrogens is 1. The van der Waals surface area contributed by atoms with E-state index in [0.717, 1.165) is 34.2 Å². The van der Waals surface area contributed by atoms with E-state index < -0.39 is 22.7 Å². The second-order valence-corrected chi connectivity index (χ2v) is 11.1. The number of rotatable bonds is 7. The zero-order valence-electron chi connectivity index (χ0n) is 20.9. The predicted octanol–water partition coefficient (Wildman–Crippen LogP) is 4.09. The van der Waals surface area contributed by atoms with Gasteiger partial charge >= 0.3 is 6.09 Å².